The van der Waals surface area contributed by atoms with Gasteiger partial charge in [0.25, 0.3) is 5.69 Å². The first-order chi connectivity index (χ1) is 20.2. The highest BCUT2D eigenvalue weighted by molar-refractivity contribution is 6.03. The van der Waals surface area contributed by atoms with Crippen LogP contribution in [0.2, 0.25) is 0 Å². The van der Waals surface area contributed by atoms with E-state index in [2.05, 4.69) is 21.6 Å². The average molecular weight is 571 g/mol. The number of benzene rings is 2. The van der Waals surface area contributed by atoms with Gasteiger partial charge in [0.2, 0.25) is 11.8 Å². The molecule has 4 N–H and O–H groups in total. The van der Waals surface area contributed by atoms with Crippen LogP contribution in [-0.4, -0.2) is 47.8 Å². The first-order valence-corrected chi connectivity index (χ1v) is 14.5. The van der Waals surface area contributed by atoms with Crippen molar-refractivity contribution < 1.29 is 14.5 Å². The van der Waals surface area contributed by atoms with Gasteiger partial charge >= 0.3 is 0 Å². The van der Waals surface area contributed by atoms with Crippen molar-refractivity contribution in [1.82, 2.24) is 15.5 Å². The van der Waals surface area contributed by atoms with Crippen molar-refractivity contribution in [3.05, 3.63) is 98.4 Å². The fraction of sp³-hybridized carbons (Fsp3) is 0.406. The fourth-order valence-corrected chi connectivity index (χ4v) is 6.03. The molecular weight excluding hydrogens is 532 g/mol. The number of allylic oxidation sites excluding steroid dienone is 2. The van der Waals surface area contributed by atoms with Crippen LogP contribution < -0.4 is 16.4 Å². The minimum atomic E-state index is -0.742. The predicted octanol–water partition coefficient (Wildman–Crippen LogP) is 4.16. The molecule has 1 fully saturated rings. The number of carbonyl (C=O) groups is 2. The molecule has 2 aromatic carbocycles. The van der Waals surface area contributed by atoms with E-state index in [1.54, 1.807) is 12.1 Å². The van der Waals surface area contributed by atoms with E-state index in [0.29, 0.717) is 47.5 Å². The molecular formula is C32H38N6O4. The van der Waals surface area contributed by atoms with Crippen molar-refractivity contribution in [2.45, 2.75) is 57.3 Å². The molecule has 1 atom stereocenters. The quantitative estimate of drug-likeness (QED) is 0.208. The van der Waals surface area contributed by atoms with Gasteiger partial charge in [-0.3, -0.25) is 19.7 Å². The van der Waals surface area contributed by atoms with Crippen molar-refractivity contribution in [2.24, 2.45) is 5.73 Å². The molecule has 1 saturated heterocycles. The SMILES string of the molecule is CCC1=C(C(N)=O)C(c2ccc([N+](=O)[O-])cc2)C(C(=O)NCCCN2CCC(C#N)(c3ccccc3)CC2)=C(CC)N1. The van der Waals surface area contributed by atoms with E-state index >= 15 is 0 Å². The second kappa shape index (κ2) is 13.4. The largest absolute Gasteiger partial charge is 0.366 e. The Morgan fingerprint density at radius 3 is 2.24 bits per heavy atom. The number of nitriles is 1. The van der Waals surface area contributed by atoms with Gasteiger partial charge in [-0.15, -0.1) is 0 Å². The maximum atomic E-state index is 13.7. The molecule has 10 nitrogen and oxygen atoms in total. The number of nitro groups is 1. The van der Waals surface area contributed by atoms with Crippen LogP contribution in [0.1, 0.15) is 63.0 Å². The number of nitrogens with one attached hydrogen (secondary N) is 2. The predicted molar refractivity (Wildman–Crippen MR) is 160 cm³/mol. The summed E-state index contributed by atoms with van der Waals surface area (Å²) in [6.45, 7) is 6.66. The smallest absolute Gasteiger partial charge is 0.269 e. The topological polar surface area (TPSA) is 154 Å². The lowest BCUT2D eigenvalue weighted by Gasteiger charge is -2.37. The van der Waals surface area contributed by atoms with E-state index in [9.17, 15) is 25.0 Å². The molecule has 2 amide bonds. The van der Waals surface area contributed by atoms with E-state index in [4.69, 9.17) is 5.73 Å². The van der Waals surface area contributed by atoms with Crippen molar-refractivity contribution in [2.75, 3.05) is 26.2 Å². The Kier molecular flexibility index (Phi) is 9.76. The number of rotatable bonds is 11. The number of nitro benzene ring substituents is 1. The van der Waals surface area contributed by atoms with Crippen LogP contribution in [0.15, 0.2) is 77.1 Å². The van der Waals surface area contributed by atoms with Gasteiger partial charge in [-0.1, -0.05) is 56.3 Å². The van der Waals surface area contributed by atoms with Crippen LogP contribution in [-0.2, 0) is 15.0 Å². The summed E-state index contributed by atoms with van der Waals surface area (Å²) >= 11 is 0. The zero-order chi connectivity index (χ0) is 30.3. The Balaban J connectivity index is 1.44. The second-order valence-electron chi connectivity index (χ2n) is 10.8. The molecule has 2 aliphatic rings. The summed E-state index contributed by atoms with van der Waals surface area (Å²) in [4.78, 5) is 39.4. The maximum Gasteiger partial charge on any atom is 0.269 e. The number of hydrogen-bond donors (Lipinski definition) is 3. The molecule has 0 radical (unpaired) electrons. The number of non-ortho nitro benzene ring substituents is 1. The van der Waals surface area contributed by atoms with Gasteiger partial charge in [0.1, 0.15) is 0 Å². The third-order valence-electron chi connectivity index (χ3n) is 8.37. The van der Waals surface area contributed by atoms with Crippen molar-refractivity contribution in [1.29, 1.82) is 5.26 Å². The van der Waals surface area contributed by atoms with Gasteiger partial charge in [0.15, 0.2) is 0 Å². The normalized spacial score (nSPS) is 18.6. The molecule has 4 rings (SSSR count). The highest BCUT2D eigenvalue weighted by Crippen LogP contribution is 2.40. The number of nitrogens with zero attached hydrogens (tertiary/aromatic N) is 3. The Hall–Kier alpha value is -4.49. The molecule has 0 bridgehead atoms. The number of primary amides is 1. The molecule has 0 aromatic heterocycles. The summed E-state index contributed by atoms with van der Waals surface area (Å²) in [6, 6.07) is 18.4. The first kappa shape index (κ1) is 30.5. The van der Waals surface area contributed by atoms with Crippen LogP contribution in [0.4, 0.5) is 5.69 Å². The molecule has 10 heteroatoms. The fourth-order valence-electron chi connectivity index (χ4n) is 6.03. The maximum absolute atomic E-state index is 13.7. The number of likely N-dealkylation sites (tertiary alicyclic amines) is 1. The second-order valence-corrected chi connectivity index (χ2v) is 10.8. The monoisotopic (exact) mass is 570 g/mol. The standard InChI is InChI=1S/C32H38N6O4/c1-3-25-28(30(34)39)27(22-11-13-24(14-12-22)38(41)42)29(26(4-2)36-25)31(40)35-17-8-18-37-19-15-32(21-33,16-20-37)23-9-6-5-7-10-23/h5-7,9-14,27,36H,3-4,8,15-20H2,1-2H3,(H2,34,39)(H,35,40). The molecule has 42 heavy (non-hydrogen) atoms. The molecule has 2 aromatic rings. The Morgan fingerprint density at radius 1 is 1.07 bits per heavy atom. The van der Waals surface area contributed by atoms with Gasteiger partial charge in [-0.2, -0.15) is 5.26 Å². The van der Waals surface area contributed by atoms with Crippen LogP contribution >= 0.6 is 0 Å². The lowest BCUT2D eigenvalue weighted by molar-refractivity contribution is -0.384. The Morgan fingerprint density at radius 2 is 1.69 bits per heavy atom. The summed E-state index contributed by atoms with van der Waals surface area (Å²) in [5.41, 5.74) is 8.99. The number of nitrogens with two attached hydrogens (primary N) is 1. The number of dihydropyridines is 1. The van der Waals surface area contributed by atoms with Crippen LogP contribution in [0.3, 0.4) is 0 Å². The van der Waals surface area contributed by atoms with Crippen LogP contribution in [0, 0.1) is 21.4 Å². The zero-order valence-corrected chi connectivity index (χ0v) is 24.2. The van der Waals surface area contributed by atoms with Crippen molar-refractivity contribution in [3.63, 3.8) is 0 Å². The summed E-state index contributed by atoms with van der Waals surface area (Å²) in [5, 5.41) is 27.5. The minimum Gasteiger partial charge on any atom is -0.366 e. The third kappa shape index (κ3) is 6.37. The lowest BCUT2D eigenvalue weighted by atomic mass is 9.74. The van der Waals surface area contributed by atoms with E-state index in [1.165, 1.54) is 12.1 Å². The van der Waals surface area contributed by atoms with Crippen LogP contribution in [0.25, 0.3) is 0 Å². The zero-order valence-electron chi connectivity index (χ0n) is 24.2. The Labute approximate surface area is 246 Å². The first-order valence-electron chi connectivity index (χ1n) is 14.5. The van der Waals surface area contributed by atoms with Gasteiger partial charge < -0.3 is 21.3 Å². The molecule has 0 saturated carbocycles. The number of carbonyl (C=O) groups excluding carboxylic acids is 2. The van der Waals surface area contributed by atoms with Crippen molar-refractivity contribution >= 4 is 17.5 Å². The minimum absolute atomic E-state index is 0.0767. The van der Waals surface area contributed by atoms with Gasteiger partial charge in [0.05, 0.1) is 16.4 Å². The van der Waals surface area contributed by atoms with E-state index in [1.807, 2.05) is 44.2 Å². The van der Waals surface area contributed by atoms with Gasteiger partial charge in [0, 0.05) is 47.1 Å². The number of hydrogen-bond acceptors (Lipinski definition) is 7. The molecule has 2 aliphatic heterocycles. The summed E-state index contributed by atoms with van der Waals surface area (Å²) in [6.07, 6.45) is 3.28. The molecule has 0 spiro atoms. The summed E-state index contributed by atoms with van der Waals surface area (Å²) in [5.74, 6) is -1.69. The highest BCUT2D eigenvalue weighted by atomic mass is 16.6. The lowest BCUT2D eigenvalue weighted by Crippen LogP contribution is -2.43. The average Bonchev–Trinajstić information content (AvgIpc) is 3.02. The van der Waals surface area contributed by atoms with Gasteiger partial charge in [-0.25, -0.2) is 0 Å². The number of amides is 2. The van der Waals surface area contributed by atoms with E-state index in [-0.39, 0.29) is 11.6 Å². The highest BCUT2D eigenvalue weighted by Gasteiger charge is 2.38. The van der Waals surface area contributed by atoms with E-state index < -0.39 is 22.2 Å². The summed E-state index contributed by atoms with van der Waals surface area (Å²) in [7, 11) is 0. The molecule has 1 unspecified atom stereocenters. The Bertz CT molecular complexity index is 1420. The number of piperidine rings is 1. The van der Waals surface area contributed by atoms with E-state index in [0.717, 1.165) is 44.5 Å². The molecule has 2 heterocycles. The third-order valence-corrected chi connectivity index (χ3v) is 8.37. The van der Waals surface area contributed by atoms with Crippen molar-refractivity contribution in [3.8, 4) is 6.07 Å². The van der Waals surface area contributed by atoms with Gasteiger partial charge in [-0.05, 0) is 62.9 Å². The molecule has 220 valence electrons. The summed E-state index contributed by atoms with van der Waals surface area (Å²) < 4.78 is 0. The molecule has 0 aliphatic carbocycles. The van der Waals surface area contributed by atoms with Crippen LogP contribution in [0.5, 0.6) is 0 Å².